The van der Waals surface area contributed by atoms with Crippen LogP contribution in [-0.4, -0.2) is 27.9 Å². The monoisotopic (exact) mass is 542 g/mol. The molecule has 4 rings (SSSR count). The molecule has 170 valence electrons. The Hall–Kier alpha value is -1.87. The van der Waals surface area contributed by atoms with Crippen LogP contribution in [0.3, 0.4) is 0 Å². The van der Waals surface area contributed by atoms with Crippen LogP contribution in [0.2, 0.25) is 5.02 Å². The zero-order chi connectivity index (χ0) is 22.7. The number of halogens is 4. The first-order valence-corrected chi connectivity index (χ1v) is 12.1. The quantitative estimate of drug-likeness (QED) is 0.176. The molecule has 1 aliphatic carbocycles. The molecule has 1 heterocycles. The minimum atomic E-state index is -0.634. The van der Waals surface area contributed by atoms with Crippen molar-refractivity contribution in [3.8, 4) is 0 Å². The predicted octanol–water partition coefficient (Wildman–Crippen LogP) is 6.43. The molecule has 1 aromatic heterocycles. The number of alkyl halides is 1. The Kier molecular flexibility index (Phi) is 7.55. The van der Waals surface area contributed by atoms with E-state index in [9.17, 15) is 4.79 Å². The molecular weight excluding hydrogens is 522 g/mol. The van der Waals surface area contributed by atoms with Gasteiger partial charge in [-0.1, -0.05) is 27.5 Å². The number of amides is 1. The van der Waals surface area contributed by atoms with Gasteiger partial charge in [-0.25, -0.2) is 14.9 Å². The van der Waals surface area contributed by atoms with Crippen molar-refractivity contribution in [2.75, 3.05) is 17.8 Å². The second-order valence-corrected chi connectivity index (χ2v) is 9.45. The Balaban J connectivity index is 1.71. The van der Waals surface area contributed by atoms with Gasteiger partial charge in [0.15, 0.2) is 5.82 Å². The van der Waals surface area contributed by atoms with Crippen molar-refractivity contribution < 1.29 is 14.0 Å². The Morgan fingerprint density at radius 1 is 1.31 bits per heavy atom. The molecular formula is C22H22BrCl2FN4O2. The van der Waals surface area contributed by atoms with E-state index in [0.29, 0.717) is 41.2 Å². The van der Waals surface area contributed by atoms with Crippen LogP contribution in [0.5, 0.6) is 0 Å². The normalized spacial score (nSPS) is 13.5. The van der Waals surface area contributed by atoms with Crippen molar-refractivity contribution in [1.82, 2.24) is 15.0 Å². The van der Waals surface area contributed by atoms with Gasteiger partial charge in [-0.3, -0.25) is 9.63 Å². The molecule has 3 aromatic rings. The molecule has 0 spiro atoms. The molecule has 1 fully saturated rings. The Labute approximate surface area is 203 Å². The number of nitrogens with zero attached hydrogens (tertiary/aromatic N) is 2. The molecule has 1 amide bonds. The van der Waals surface area contributed by atoms with E-state index in [2.05, 4.69) is 31.7 Å². The van der Waals surface area contributed by atoms with Gasteiger partial charge in [-0.15, -0.1) is 11.6 Å². The molecule has 10 heteroatoms. The van der Waals surface area contributed by atoms with Gasteiger partial charge in [0, 0.05) is 16.9 Å². The Bertz CT molecular complexity index is 1140. The van der Waals surface area contributed by atoms with Crippen molar-refractivity contribution in [3.05, 3.63) is 51.5 Å². The first-order valence-electron chi connectivity index (χ1n) is 10.4. The van der Waals surface area contributed by atoms with E-state index in [1.807, 2.05) is 4.57 Å². The topological polar surface area (TPSA) is 68.2 Å². The molecule has 0 saturated heterocycles. The van der Waals surface area contributed by atoms with Crippen LogP contribution in [0, 0.1) is 11.7 Å². The largest absolute Gasteiger partial charge is 0.351 e. The van der Waals surface area contributed by atoms with Crippen molar-refractivity contribution in [1.29, 1.82) is 0 Å². The fourth-order valence-corrected chi connectivity index (χ4v) is 4.21. The number of imidazole rings is 1. The SMILES string of the molecule is O=C(NOCC1CC1)c1cc2c(ncn2CCCCCl)c(F)c1Nc1ccc(Br)cc1Cl. The molecule has 0 unspecified atom stereocenters. The maximum Gasteiger partial charge on any atom is 0.277 e. The number of benzene rings is 2. The summed E-state index contributed by atoms with van der Waals surface area (Å²) in [4.78, 5) is 22.5. The number of nitrogens with one attached hydrogen (secondary N) is 2. The lowest BCUT2D eigenvalue weighted by molar-refractivity contribution is 0.0271. The van der Waals surface area contributed by atoms with Crippen LogP contribution in [0.4, 0.5) is 15.8 Å². The Morgan fingerprint density at radius 2 is 2.12 bits per heavy atom. The Morgan fingerprint density at radius 3 is 2.84 bits per heavy atom. The number of carbonyl (C=O) groups excluding carboxylic acids is 1. The maximum absolute atomic E-state index is 15.6. The zero-order valence-electron chi connectivity index (χ0n) is 17.1. The lowest BCUT2D eigenvalue weighted by atomic mass is 10.1. The molecule has 2 N–H and O–H groups in total. The third-order valence-corrected chi connectivity index (χ3v) is 6.33. The highest BCUT2D eigenvalue weighted by Crippen LogP contribution is 2.34. The lowest BCUT2D eigenvalue weighted by Gasteiger charge is -2.15. The molecule has 2 aromatic carbocycles. The third-order valence-electron chi connectivity index (χ3n) is 5.25. The smallest absolute Gasteiger partial charge is 0.277 e. The summed E-state index contributed by atoms with van der Waals surface area (Å²) in [5, 5.41) is 3.35. The standard InChI is InChI=1S/C22H22BrCl2FN4O2/c23-14-5-6-17(16(25)9-14)28-20-15(22(31)29-32-11-13-3-4-13)10-18-21(19(20)26)27-12-30(18)8-2-1-7-24/h5-6,9-10,12-13,28H,1-4,7-8,11H2,(H,29,31). The summed E-state index contributed by atoms with van der Waals surface area (Å²) in [6.45, 7) is 1.06. The highest BCUT2D eigenvalue weighted by atomic mass is 79.9. The van der Waals surface area contributed by atoms with E-state index in [1.165, 1.54) is 0 Å². The molecule has 0 radical (unpaired) electrons. The van der Waals surface area contributed by atoms with Gasteiger partial charge in [-0.2, -0.15) is 0 Å². The summed E-state index contributed by atoms with van der Waals surface area (Å²) in [6, 6.07) is 6.78. The van der Waals surface area contributed by atoms with E-state index in [1.54, 1.807) is 30.6 Å². The molecule has 1 aliphatic rings. The first-order chi connectivity index (χ1) is 15.5. The summed E-state index contributed by atoms with van der Waals surface area (Å²) in [6.07, 6.45) is 5.40. The number of anilines is 2. The number of hydrogen-bond donors (Lipinski definition) is 2. The van der Waals surface area contributed by atoms with E-state index >= 15 is 4.39 Å². The van der Waals surface area contributed by atoms with E-state index in [-0.39, 0.29) is 16.8 Å². The number of unbranched alkanes of at least 4 members (excludes halogenated alkanes) is 1. The lowest BCUT2D eigenvalue weighted by Crippen LogP contribution is -2.26. The van der Waals surface area contributed by atoms with Crippen LogP contribution in [-0.2, 0) is 11.4 Å². The summed E-state index contributed by atoms with van der Waals surface area (Å²) in [7, 11) is 0. The summed E-state index contributed by atoms with van der Waals surface area (Å²) in [5.74, 6) is -0.160. The summed E-state index contributed by atoms with van der Waals surface area (Å²) < 4.78 is 18.2. The van der Waals surface area contributed by atoms with Crippen LogP contribution >= 0.6 is 39.1 Å². The molecule has 0 atom stereocenters. The number of hydrogen-bond acceptors (Lipinski definition) is 4. The van der Waals surface area contributed by atoms with Gasteiger partial charge in [0.25, 0.3) is 5.91 Å². The molecule has 0 bridgehead atoms. The number of hydroxylamine groups is 1. The third kappa shape index (κ3) is 5.36. The maximum atomic E-state index is 15.6. The van der Waals surface area contributed by atoms with Crippen molar-refractivity contribution >= 4 is 67.4 Å². The van der Waals surface area contributed by atoms with E-state index in [4.69, 9.17) is 28.0 Å². The molecule has 32 heavy (non-hydrogen) atoms. The second kappa shape index (κ2) is 10.4. The first kappa shape index (κ1) is 23.3. The van der Waals surface area contributed by atoms with Gasteiger partial charge in [0.1, 0.15) is 5.52 Å². The van der Waals surface area contributed by atoms with E-state index < -0.39 is 11.7 Å². The summed E-state index contributed by atoms with van der Waals surface area (Å²) >= 11 is 15.4. The molecule has 0 aliphatic heterocycles. The minimum Gasteiger partial charge on any atom is -0.351 e. The van der Waals surface area contributed by atoms with Gasteiger partial charge >= 0.3 is 0 Å². The highest BCUT2D eigenvalue weighted by Gasteiger charge is 2.25. The number of rotatable bonds is 10. The van der Waals surface area contributed by atoms with Crippen LogP contribution in [0.1, 0.15) is 36.0 Å². The average Bonchev–Trinajstić information content (AvgIpc) is 3.50. The fraction of sp³-hybridized carbons (Fsp3) is 0.364. The number of aryl methyl sites for hydroxylation is 1. The van der Waals surface area contributed by atoms with Crippen molar-refractivity contribution in [3.63, 3.8) is 0 Å². The number of aromatic nitrogens is 2. The van der Waals surface area contributed by atoms with E-state index in [0.717, 1.165) is 30.2 Å². The predicted molar refractivity (Wildman–Crippen MR) is 128 cm³/mol. The van der Waals surface area contributed by atoms with Crippen LogP contribution in [0.15, 0.2) is 35.1 Å². The van der Waals surface area contributed by atoms with Gasteiger partial charge in [0.2, 0.25) is 0 Å². The van der Waals surface area contributed by atoms with Crippen LogP contribution < -0.4 is 10.8 Å². The van der Waals surface area contributed by atoms with Crippen molar-refractivity contribution in [2.24, 2.45) is 5.92 Å². The summed E-state index contributed by atoms with van der Waals surface area (Å²) in [5.41, 5.74) is 3.68. The number of fused-ring (bicyclic) bond motifs is 1. The fourth-order valence-electron chi connectivity index (χ4n) is 3.30. The minimum absolute atomic E-state index is 0.0137. The van der Waals surface area contributed by atoms with Gasteiger partial charge < -0.3 is 9.88 Å². The second-order valence-electron chi connectivity index (χ2n) is 7.75. The average molecular weight is 544 g/mol. The van der Waals surface area contributed by atoms with Crippen molar-refractivity contribution in [2.45, 2.75) is 32.2 Å². The van der Waals surface area contributed by atoms with Gasteiger partial charge in [-0.05, 0) is 55.9 Å². The van der Waals surface area contributed by atoms with Gasteiger partial charge in [0.05, 0.1) is 40.4 Å². The highest BCUT2D eigenvalue weighted by molar-refractivity contribution is 9.10. The van der Waals surface area contributed by atoms with Crippen LogP contribution in [0.25, 0.3) is 11.0 Å². The zero-order valence-corrected chi connectivity index (χ0v) is 20.2. The molecule has 1 saturated carbocycles. The number of carbonyl (C=O) groups is 1. The molecule has 6 nitrogen and oxygen atoms in total.